The van der Waals surface area contributed by atoms with E-state index in [1.54, 1.807) is 27.7 Å². The van der Waals surface area contributed by atoms with Gasteiger partial charge >= 0.3 is 5.97 Å². The van der Waals surface area contributed by atoms with Crippen LogP contribution in [0.3, 0.4) is 0 Å². The van der Waals surface area contributed by atoms with E-state index in [0.29, 0.717) is 28.2 Å². The second-order valence-corrected chi connectivity index (χ2v) is 7.70. The number of H-pyrrole nitrogens is 1. The average Bonchev–Trinajstić information content (AvgIpc) is 2.93. The van der Waals surface area contributed by atoms with Crippen LogP contribution in [0.2, 0.25) is 0 Å². The normalized spacial score (nSPS) is 12.0. The molecule has 2 rings (SSSR count). The summed E-state index contributed by atoms with van der Waals surface area (Å²) >= 11 is 0. The van der Waals surface area contributed by atoms with E-state index in [-0.39, 0.29) is 17.2 Å². The highest BCUT2D eigenvalue weighted by Gasteiger charge is 2.21. The van der Waals surface area contributed by atoms with Crippen molar-refractivity contribution in [2.24, 2.45) is 10.2 Å². The molecule has 1 aromatic heterocycles. The molecule has 1 heterocycles. The van der Waals surface area contributed by atoms with E-state index in [2.05, 4.69) is 15.5 Å². The number of hydrogen-bond acceptors (Lipinski definition) is 8. The number of primary sulfonamides is 1. The highest BCUT2D eigenvalue weighted by Crippen LogP contribution is 2.27. The predicted molar refractivity (Wildman–Crippen MR) is 107 cm³/mol. The van der Waals surface area contributed by atoms with E-state index in [0.717, 1.165) is 12.1 Å². The fourth-order valence-electron chi connectivity index (χ4n) is 2.76. The Morgan fingerprint density at radius 3 is 2.59 bits per heavy atom. The largest absolute Gasteiger partial charge is 0.462 e. The number of aryl methyl sites for hydroxylation is 1. The van der Waals surface area contributed by atoms with Crippen molar-refractivity contribution in [2.45, 2.75) is 32.6 Å². The molecule has 29 heavy (non-hydrogen) atoms. The fraction of sp³-hybridized carbons (Fsp3) is 0.294. The lowest BCUT2D eigenvalue weighted by Crippen LogP contribution is -2.12. The first-order valence-corrected chi connectivity index (χ1v) is 10.00. The third kappa shape index (κ3) is 4.78. The van der Waals surface area contributed by atoms with Gasteiger partial charge in [0.2, 0.25) is 10.0 Å². The van der Waals surface area contributed by atoms with Crippen LogP contribution in [0.25, 0.3) is 0 Å². The number of nitro benzene ring substituents is 1. The van der Waals surface area contributed by atoms with Gasteiger partial charge in [-0.1, -0.05) is 0 Å². The number of hydrogen-bond donors (Lipinski definition) is 3. The molecule has 156 valence electrons. The fourth-order valence-corrected chi connectivity index (χ4v) is 3.29. The van der Waals surface area contributed by atoms with E-state index < -0.39 is 26.6 Å². The lowest BCUT2D eigenvalue weighted by molar-refractivity contribution is -0.384. The SMILES string of the molecule is CCOC(=O)c1c(C)[nH]c(/C(C)=N/Nc2ccc(S(N)(=O)=O)cc2[N+](=O)[O-])c1C. The van der Waals surface area contributed by atoms with Gasteiger partial charge in [-0.25, -0.2) is 18.4 Å². The number of carbonyl (C=O) groups is 1. The number of nitro groups is 1. The average molecular weight is 423 g/mol. The summed E-state index contributed by atoms with van der Waals surface area (Å²) in [4.78, 5) is 25.3. The van der Waals surface area contributed by atoms with Crippen LogP contribution in [0.15, 0.2) is 28.2 Å². The van der Waals surface area contributed by atoms with E-state index in [1.807, 2.05) is 0 Å². The molecule has 12 heteroatoms. The number of esters is 1. The van der Waals surface area contributed by atoms with Crippen LogP contribution in [0.1, 0.15) is 41.2 Å². The second kappa shape index (κ2) is 8.41. The minimum absolute atomic E-state index is 0.0201. The zero-order valence-electron chi connectivity index (χ0n) is 16.3. The van der Waals surface area contributed by atoms with Crippen molar-refractivity contribution in [2.75, 3.05) is 12.0 Å². The Bertz CT molecular complexity index is 1100. The summed E-state index contributed by atoms with van der Waals surface area (Å²) in [5.41, 5.74) is 4.65. The minimum atomic E-state index is -4.09. The molecule has 0 aliphatic rings. The van der Waals surface area contributed by atoms with E-state index in [9.17, 15) is 23.3 Å². The van der Waals surface area contributed by atoms with E-state index >= 15 is 0 Å². The Hall–Kier alpha value is -3.25. The van der Waals surface area contributed by atoms with Gasteiger partial charge in [-0.2, -0.15) is 5.10 Å². The Morgan fingerprint density at radius 2 is 2.03 bits per heavy atom. The number of benzene rings is 1. The Balaban J connectivity index is 2.39. The maximum absolute atomic E-state index is 12.1. The number of aromatic nitrogens is 1. The van der Waals surface area contributed by atoms with Gasteiger partial charge in [0.15, 0.2) is 0 Å². The molecule has 0 unspecified atom stereocenters. The molecular formula is C17H21N5O6S. The zero-order valence-corrected chi connectivity index (χ0v) is 17.1. The number of rotatable bonds is 7. The van der Waals surface area contributed by atoms with Gasteiger partial charge in [0.25, 0.3) is 5.69 Å². The van der Waals surface area contributed by atoms with Gasteiger partial charge in [-0.3, -0.25) is 15.5 Å². The number of sulfonamides is 1. The van der Waals surface area contributed by atoms with Gasteiger partial charge in [0, 0.05) is 11.8 Å². The Labute approximate surface area is 167 Å². The van der Waals surface area contributed by atoms with E-state index in [1.165, 1.54) is 6.07 Å². The van der Waals surface area contributed by atoms with Crippen LogP contribution in [0, 0.1) is 24.0 Å². The maximum atomic E-state index is 12.1. The first-order chi connectivity index (χ1) is 13.5. The summed E-state index contributed by atoms with van der Waals surface area (Å²) in [7, 11) is -4.09. The van der Waals surface area contributed by atoms with Crippen molar-refractivity contribution >= 4 is 33.1 Å². The quantitative estimate of drug-likeness (QED) is 0.265. The first kappa shape index (κ1) is 22.0. The summed E-state index contributed by atoms with van der Waals surface area (Å²) in [5.74, 6) is -0.458. The molecule has 0 saturated heterocycles. The number of nitrogens with two attached hydrogens (primary N) is 1. The summed E-state index contributed by atoms with van der Waals surface area (Å²) in [6, 6.07) is 3.19. The third-order valence-corrected chi connectivity index (χ3v) is 5.03. The Morgan fingerprint density at radius 1 is 1.38 bits per heavy atom. The van der Waals surface area contributed by atoms with Crippen molar-refractivity contribution in [1.29, 1.82) is 0 Å². The molecule has 0 radical (unpaired) electrons. The van der Waals surface area contributed by atoms with Crippen molar-refractivity contribution < 1.29 is 22.9 Å². The van der Waals surface area contributed by atoms with Crippen LogP contribution in [0.4, 0.5) is 11.4 Å². The number of hydrazone groups is 1. The van der Waals surface area contributed by atoms with Crippen LogP contribution < -0.4 is 10.6 Å². The molecule has 0 aliphatic carbocycles. The lowest BCUT2D eigenvalue weighted by atomic mass is 10.1. The zero-order chi connectivity index (χ0) is 21.9. The van der Waals surface area contributed by atoms with Crippen molar-refractivity contribution in [3.05, 3.63) is 50.8 Å². The van der Waals surface area contributed by atoms with Gasteiger partial charge in [-0.05, 0) is 45.4 Å². The van der Waals surface area contributed by atoms with Crippen LogP contribution in [0.5, 0.6) is 0 Å². The van der Waals surface area contributed by atoms with Gasteiger partial charge in [-0.15, -0.1) is 0 Å². The number of ether oxygens (including phenoxy) is 1. The third-order valence-electron chi connectivity index (χ3n) is 4.12. The molecule has 0 aliphatic heterocycles. The number of nitrogens with one attached hydrogen (secondary N) is 2. The molecular weight excluding hydrogens is 402 g/mol. The molecule has 11 nitrogen and oxygen atoms in total. The molecule has 1 aromatic carbocycles. The smallest absolute Gasteiger partial charge is 0.340 e. The highest BCUT2D eigenvalue weighted by molar-refractivity contribution is 7.89. The van der Waals surface area contributed by atoms with Gasteiger partial charge < -0.3 is 9.72 Å². The Kier molecular flexibility index (Phi) is 6.39. The minimum Gasteiger partial charge on any atom is -0.462 e. The summed E-state index contributed by atoms with van der Waals surface area (Å²) < 4.78 is 27.9. The van der Waals surface area contributed by atoms with Crippen LogP contribution in [-0.2, 0) is 14.8 Å². The lowest BCUT2D eigenvalue weighted by Gasteiger charge is -2.06. The van der Waals surface area contributed by atoms with Crippen molar-refractivity contribution in [1.82, 2.24) is 4.98 Å². The maximum Gasteiger partial charge on any atom is 0.340 e. The molecule has 4 N–H and O–H groups in total. The molecule has 0 fully saturated rings. The summed E-state index contributed by atoms with van der Waals surface area (Å²) in [5, 5.41) is 20.4. The number of carbonyl (C=O) groups excluding carboxylic acids is 1. The second-order valence-electron chi connectivity index (χ2n) is 6.14. The monoisotopic (exact) mass is 423 g/mol. The van der Waals surface area contributed by atoms with E-state index in [4.69, 9.17) is 9.88 Å². The molecule has 0 bridgehead atoms. The summed E-state index contributed by atoms with van der Waals surface area (Å²) in [6.07, 6.45) is 0. The molecule has 2 aromatic rings. The van der Waals surface area contributed by atoms with Crippen molar-refractivity contribution in [3.63, 3.8) is 0 Å². The number of nitrogens with zero attached hydrogens (tertiary/aromatic N) is 2. The predicted octanol–water partition coefficient (Wildman–Crippen LogP) is 2.20. The number of aromatic amines is 1. The molecule has 0 atom stereocenters. The van der Waals surface area contributed by atoms with Crippen LogP contribution in [-0.4, -0.2) is 36.6 Å². The van der Waals surface area contributed by atoms with Crippen molar-refractivity contribution in [3.8, 4) is 0 Å². The van der Waals surface area contributed by atoms with Gasteiger partial charge in [0.05, 0.1) is 33.4 Å². The van der Waals surface area contributed by atoms with Crippen LogP contribution >= 0.6 is 0 Å². The standard InChI is InChI=1S/C17H21N5O6S/c1-5-28-17(23)15-9(2)16(19-10(15)3)11(4)20-21-13-7-6-12(29(18,26)27)8-14(13)22(24)25/h6-8,19,21H,5H2,1-4H3,(H2,18,26,27)/b20-11+. The molecule has 0 amide bonds. The first-order valence-electron chi connectivity index (χ1n) is 8.45. The summed E-state index contributed by atoms with van der Waals surface area (Å²) in [6.45, 7) is 7.05. The van der Waals surface area contributed by atoms with Gasteiger partial charge in [0.1, 0.15) is 5.69 Å². The molecule has 0 saturated carbocycles. The highest BCUT2D eigenvalue weighted by atomic mass is 32.2. The number of anilines is 1. The molecule has 0 spiro atoms. The topological polar surface area (TPSA) is 170 Å².